The van der Waals surface area contributed by atoms with E-state index in [9.17, 15) is 29.1 Å². The van der Waals surface area contributed by atoms with E-state index in [1.807, 2.05) is 30.3 Å². The standard InChI is InChI=1S/C28H32N8O6/c1-18(35-13-6-5-11-21(28(35)42)30-27(41)20-10-7-12-29-16-20)26(40)31-22(15-25(38)39)23(37)17-36-24(32-33-34-36)14-19-8-3-2-4-9-19/h2-4,7-10,12,16,18,21-22H,5-6,11,13-15,17H2,1H3,(H,30,41)(H,31,40)(H,38,39)/t18?,21-,22?/m0/s1. The van der Waals surface area contributed by atoms with Gasteiger partial charge in [-0.2, -0.15) is 0 Å². The molecule has 4 rings (SSSR count). The van der Waals surface area contributed by atoms with Crippen molar-refractivity contribution in [2.45, 2.75) is 63.7 Å². The quantitative estimate of drug-likeness (QED) is 0.272. The Balaban J connectivity index is 1.42. The van der Waals surface area contributed by atoms with Gasteiger partial charge in [-0.1, -0.05) is 30.3 Å². The second-order valence-corrected chi connectivity index (χ2v) is 10.0. The molecule has 3 heterocycles. The van der Waals surface area contributed by atoms with Crippen LogP contribution in [0.25, 0.3) is 0 Å². The average Bonchev–Trinajstić information content (AvgIpc) is 3.33. The number of Topliss-reactive ketones (excluding diaryl/α,β-unsaturated/α-hetero) is 1. The Hall–Kier alpha value is -5.01. The first-order valence-corrected chi connectivity index (χ1v) is 13.6. The number of likely N-dealkylation sites (tertiary alicyclic amines) is 1. The van der Waals surface area contributed by atoms with Crippen molar-refractivity contribution < 1.29 is 29.1 Å². The Bertz CT molecular complexity index is 1410. The Morgan fingerprint density at radius 2 is 1.88 bits per heavy atom. The fourth-order valence-electron chi connectivity index (χ4n) is 4.68. The van der Waals surface area contributed by atoms with Crippen molar-refractivity contribution in [3.8, 4) is 0 Å². The number of hydrogen-bond acceptors (Lipinski definition) is 9. The molecule has 1 aliphatic rings. The molecule has 0 spiro atoms. The molecule has 1 saturated heterocycles. The molecular weight excluding hydrogens is 544 g/mol. The number of benzene rings is 1. The van der Waals surface area contributed by atoms with Gasteiger partial charge in [-0.05, 0) is 54.3 Å². The monoisotopic (exact) mass is 576 g/mol. The van der Waals surface area contributed by atoms with Crippen LogP contribution in [0.1, 0.15) is 54.4 Å². The molecule has 1 aromatic carbocycles. The minimum Gasteiger partial charge on any atom is -0.481 e. The van der Waals surface area contributed by atoms with Crippen LogP contribution in [0.4, 0.5) is 0 Å². The summed E-state index contributed by atoms with van der Waals surface area (Å²) in [6.45, 7) is 1.41. The maximum Gasteiger partial charge on any atom is 0.305 e. The van der Waals surface area contributed by atoms with E-state index in [0.29, 0.717) is 37.1 Å². The number of amides is 3. The summed E-state index contributed by atoms with van der Waals surface area (Å²) in [5, 5.41) is 26.1. The lowest BCUT2D eigenvalue weighted by Crippen LogP contribution is -2.56. The third-order valence-electron chi connectivity index (χ3n) is 7.00. The van der Waals surface area contributed by atoms with E-state index in [-0.39, 0.29) is 13.1 Å². The molecule has 1 aliphatic heterocycles. The average molecular weight is 577 g/mol. The van der Waals surface area contributed by atoms with Gasteiger partial charge in [0.1, 0.15) is 18.6 Å². The number of aliphatic carboxylic acids is 1. The first-order chi connectivity index (χ1) is 20.2. The Kier molecular flexibility index (Phi) is 10.0. The number of ketones is 1. The van der Waals surface area contributed by atoms with E-state index in [2.05, 4.69) is 31.1 Å². The van der Waals surface area contributed by atoms with Gasteiger partial charge in [0.25, 0.3) is 5.91 Å². The van der Waals surface area contributed by atoms with Crippen molar-refractivity contribution in [3.63, 3.8) is 0 Å². The minimum absolute atomic E-state index is 0.262. The zero-order chi connectivity index (χ0) is 30.1. The fraction of sp³-hybridized carbons (Fsp3) is 0.393. The lowest BCUT2D eigenvalue weighted by atomic mass is 10.1. The zero-order valence-electron chi connectivity index (χ0n) is 23.0. The van der Waals surface area contributed by atoms with E-state index < -0.39 is 54.0 Å². The highest BCUT2D eigenvalue weighted by Gasteiger charge is 2.35. The van der Waals surface area contributed by atoms with Gasteiger partial charge in [0.05, 0.1) is 18.0 Å². The topological polar surface area (TPSA) is 189 Å². The highest BCUT2D eigenvalue weighted by Crippen LogP contribution is 2.16. The predicted octanol–water partition coefficient (Wildman–Crippen LogP) is 0.387. The van der Waals surface area contributed by atoms with Crippen LogP contribution in [0.5, 0.6) is 0 Å². The van der Waals surface area contributed by atoms with Gasteiger partial charge in [0.15, 0.2) is 11.6 Å². The summed E-state index contributed by atoms with van der Waals surface area (Å²) in [6.07, 6.45) is 4.26. The molecule has 2 aromatic heterocycles. The van der Waals surface area contributed by atoms with Crippen LogP contribution >= 0.6 is 0 Å². The van der Waals surface area contributed by atoms with Crippen molar-refractivity contribution in [2.24, 2.45) is 0 Å². The van der Waals surface area contributed by atoms with Crippen LogP contribution < -0.4 is 10.6 Å². The molecule has 2 unspecified atom stereocenters. The van der Waals surface area contributed by atoms with E-state index >= 15 is 0 Å². The van der Waals surface area contributed by atoms with Crippen LogP contribution in [-0.2, 0) is 32.1 Å². The molecule has 3 N–H and O–H groups in total. The van der Waals surface area contributed by atoms with Gasteiger partial charge in [-0.3, -0.25) is 29.0 Å². The first-order valence-electron chi connectivity index (χ1n) is 13.6. The minimum atomic E-state index is -1.38. The van der Waals surface area contributed by atoms with Crippen LogP contribution in [0.15, 0.2) is 54.9 Å². The maximum atomic E-state index is 13.4. The van der Waals surface area contributed by atoms with Crippen molar-refractivity contribution in [2.75, 3.05) is 6.54 Å². The first kappa shape index (κ1) is 30.0. The summed E-state index contributed by atoms with van der Waals surface area (Å²) in [6, 6.07) is 9.29. The number of rotatable bonds is 12. The fourth-order valence-corrected chi connectivity index (χ4v) is 4.68. The summed E-state index contributed by atoms with van der Waals surface area (Å²) >= 11 is 0. The molecule has 0 bridgehead atoms. The molecule has 42 heavy (non-hydrogen) atoms. The zero-order valence-corrected chi connectivity index (χ0v) is 23.0. The molecule has 0 aliphatic carbocycles. The molecule has 3 aromatic rings. The van der Waals surface area contributed by atoms with Gasteiger partial charge in [-0.15, -0.1) is 5.10 Å². The molecule has 3 amide bonds. The number of carboxylic acids is 1. The van der Waals surface area contributed by atoms with Crippen LogP contribution in [0.2, 0.25) is 0 Å². The maximum absolute atomic E-state index is 13.4. The molecule has 1 fully saturated rings. The van der Waals surface area contributed by atoms with Crippen LogP contribution in [-0.4, -0.2) is 89.3 Å². The Labute approximate surface area is 241 Å². The summed E-state index contributed by atoms with van der Waals surface area (Å²) in [5.74, 6) is -3.08. The highest BCUT2D eigenvalue weighted by molar-refractivity contribution is 5.99. The molecule has 14 nitrogen and oxygen atoms in total. The third kappa shape index (κ3) is 7.80. The number of nitrogens with zero attached hydrogens (tertiary/aromatic N) is 6. The third-order valence-corrected chi connectivity index (χ3v) is 7.00. The van der Waals surface area contributed by atoms with Crippen molar-refractivity contribution in [3.05, 3.63) is 71.8 Å². The number of carbonyl (C=O) groups is 5. The van der Waals surface area contributed by atoms with Gasteiger partial charge in [-0.25, -0.2) is 4.68 Å². The molecule has 0 saturated carbocycles. The van der Waals surface area contributed by atoms with Gasteiger partial charge in [0.2, 0.25) is 11.8 Å². The van der Waals surface area contributed by atoms with E-state index in [1.54, 1.807) is 12.1 Å². The van der Waals surface area contributed by atoms with Gasteiger partial charge >= 0.3 is 5.97 Å². The number of pyridine rings is 1. The molecule has 220 valence electrons. The molecule has 3 atom stereocenters. The van der Waals surface area contributed by atoms with Crippen molar-refractivity contribution >= 4 is 29.5 Å². The summed E-state index contributed by atoms with van der Waals surface area (Å²) < 4.78 is 1.27. The summed E-state index contributed by atoms with van der Waals surface area (Å²) in [5.41, 5.74) is 1.22. The number of carboxylic acid groups (broad SMARTS) is 1. The second kappa shape index (κ2) is 14.1. The van der Waals surface area contributed by atoms with Crippen molar-refractivity contribution in [1.82, 2.24) is 40.7 Å². The number of aromatic nitrogens is 5. The van der Waals surface area contributed by atoms with Gasteiger partial charge in [0, 0.05) is 25.4 Å². The lowest BCUT2D eigenvalue weighted by Gasteiger charge is -2.30. The van der Waals surface area contributed by atoms with Crippen molar-refractivity contribution in [1.29, 1.82) is 0 Å². The molecule has 14 heteroatoms. The second-order valence-electron chi connectivity index (χ2n) is 10.0. The summed E-state index contributed by atoms with van der Waals surface area (Å²) in [7, 11) is 0. The van der Waals surface area contributed by atoms with E-state index in [1.165, 1.54) is 28.9 Å². The van der Waals surface area contributed by atoms with Gasteiger partial charge < -0.3 is 20.6 Å². The number of carbonyl (C=O) groups excluding carboxylic acids is 4. The van der Waals surface area contributed by atoms with E-state index in [4.69, 9.17) is 0 Å². The van der Waals surface area contributed by atoms with Crippen LogP contribution in [0, 0.1) is 0 Å². The lowest BCUT2D eigenvalue weighted by molar-refractivity contribution is -0.143. The largest absolute Gasteiger partial charge is 0.481 e. The number of hydrogen-bond donors (Lipinski definition) is 3. The Morgan fingerprint density at radius 3 is 2.60 bits per heavy atom. The summed E-state index contributed by atoms with van der Waals surface area (Å²) in [4.78, 5) is 69.3. The molecule has 0 radical (unpaired) electrons. The Morgan fingerprint density at radius 1 is 1.10 bits per heavy atom. The normalized spacial score (nSPS) is 16.6. The highest BCUT2D eigenvalue weighted by atomic mass is 16.4. The van der Waals surface area contributed by atoms with E-state index in [0.717, 1.165) is 5.56 Å². The predicted molar refractivity (Wildman–Crippen MR) is 147 cm³/mol. The number of nitrogens with one attached hydrogen (secondary N) is 2. The smallest absolute Gasteiger partial charge is 0.305 e. The van der Waals surface area contributed by atoms with Crippen LogP contribution in [0.3, 0.4) is 0 Å². The molecular formula is C28H32N8O6. The SMILES string of the molecule is CC(C(=O)NC(CC(=O)O)C(=O)Cn1nnnc1Cc1ccccc1)N1CCCC[C@H](NC(=O)c2cccnc2)C1=O. The number of tetrazole rings is 1.